The molecule has 0 aromatic carbocycles. The second-order valence-electron chi connectivity index (χ2n) is 4.76. The third-order valence-corrected chi connectivity index (χ3v) is 3.80. The van der Waals surface area contributed by atoms with E-state index in [1.165, 1.54) is 6.08 Å². The number of carbonyl (C=O) groups is 2. The first-order valence-corrected chi connectivity index (χ1v) is 7.02. The molecule has 0 spiro atoms. The number of hydrogen-bond donors (Lipinski definition) is 2. The quantitative estimate of drug-likeness (QED) is 0.788. The van der Waals surface area contributed by atoms with Crippen molar-refractivity contribution in [2.45, 2.75) is 33.2 Å². The van der Waals surface area contributed by atoms with Crippen molar-refractivity contribution in [3.63, 3.8) is 0 Å². The largest absolute Gasteiger partial charge is 0.481 e. The topological polar surface area (TPSA) is 66.4 Å². The molecule has 0 fully saturated rings. The van der Waals surface area contributed by atoms with Crippen LogP contribution in [-0.4, -0.2) is 23.0 Å². The van der Waals surface area contributed by atoms with Crippen molar-refractivity contribution in [2.24, 2.45) is 5.92 Å². The maximum absolute atomic E-state index is 11.8. The lowest BCUT2D eigenvalue weighted by Crippen LogP contribution is -2.39. The highest BCUT2D eigenvalue weighted by atomic mass is 32.1. The molecule has 1 aromatic rings. The van der Waals surface area contributed by atoms with Crippen molar-refractivity contribution in [1.29, 1.82) is 0 Å². The summed E-state index contributed by atoms with van der Waals surface area (Å²) in [6, 6.07) is 1.64. The number of nitrogens with one attached hydrogen (secondary N) is 1. The predicted octanol–water partition coefficient (Wildman–Crippen LogP) is 2.69. The van der Waals surface area contributed by atoms with Crippen molar-refractivity contribution in [3.8, 4) is 0 Å². The van der Waals surface area contributed by atoms with Crippen LogP contribution in [0.4, 0.5) is 0 Å². The van der Waals surface area contributed by atoms with E-state index in [4.69, 9.17) is 5.11 Å². The Hall–Kier alpha value is -1.62. The lowest BCUT2D eigenvalue weighted by atomic mass is 10.0. The molecule has 1 amide bonds. The summed E-state index contributed by atoms with van der Waals surface area (Å²) in [4.78, 5) is 23.5. The Morgan fingerprint density at radius 1 is 1.47 bits per heavy atom. The molecule has 104 valence electrons. The maximum Gasteiger partial charge on any atom is 0.305 e. The second-order valence-corrected chi connectivity index (χ2v) is 5.71. The number of hydrogen-bond acceptors (Lipinski definition) is 3. The molecule has 1 unspecified atom stereocenters. The van der Waals surface area contributed by atoms with E-state index >= 15 is 0 Å². The first kappa shape index (κ1) is 15.4. The zero-order valence-electron chi connectivity index (χ0n) is 11.3. The highest BCUT2D eigenvalue weighted by Crippen LogP contribution is 2.17. The molecule has 0 bridgehead atoms. The van der Waals surface area contributed by atoms with Gasteiger partial charge in [0.2, 0.25) is 5.91 Å². The van der Waals surface area contributed by atoms with Crippen LogP contribution < -0.4 is 5.32 Å². The van der Waals surface area contributed by atoms with E-state index in [0.717, 1.165) is 10.4 Å². The van der Waals surface area contributed by atoms with Crippen LogP contribution in [-0.2, 0) is 9.59 Å². The molecule has 1 heterocycles. The SMILES string of the molecule is Cc1ccsc1/C=C/C(=O)NC(CC(=O)O)C(C)C. The Kier molecular flexibility index (Phi) is 5.76. The molecule has 1 atom stereocenters. The molecule has 0 aliphatic carbocycles. The molecule has 0 aliphatic heterocycles. The third-order valence-electron chi connectivity index (χ3n) is 2.81. The molecule has 5 heteroatoms. The van der Waals surface area contributed by atoms with Crippen LogP contribution in [0.15, 0.2) is 17.5 Å². The summed E-state index contributed by atoms with van der Waals surface area (Å²) in [5, 5.41) is 13.5. The van der Waals surface area contributed by atoms with Gasteiger partial charge < -0.3 is 10.4 Å². The van der Waals surface area contributed by atoms with Gasteiger partial charge in [0.15, 0.2) is 0 Å². The molecule has 2 N–H and O–H groups in total. The Bertz CT molecular complexity index is 477. The highest BCUT2D eigenvalue weighted by Gasteiger charge is 2.18. The fourth-order valence-electron chi connectivity index (χ4n) is 1.58. The molecule has 0 saturated carbocycles. The van der Waals surface area contributed by atoms with Crippen LogP contribution >= 0.6 is 11.3 Å². The average molecular weight is 281 g/mol. The van der Waals surface area contributed by atoms with Gasteiger partial charge in [-0.1, -0.05) is 13.8 Å². The van der Waals surface area contributed by atoms with Crippen LogP contribution in [0.2, 0.25) is 0 Å². The van der Waals surface area contributed by atoms with Crippen LogP contribution in [0.3, 0.4) is 0 Å². The Morgan fingerprint density at radius 2 is 2.16 bits per heavy atom. The van der Waals surface area contributed by atoms with Gasteiger partial charge in [0.05, 0.1) is 6.42 Å². The monoisotopic (exact) mass is 281 g/mol. The minimum absolute atomic E-state index is 0.0602. The summed E-state index contributed by atoms with van der Waals surface area (Å²) in [6.07, 6.45) is 3.15. The van der Waals surface area contributed by atoms with Crippen LogP contribution in [0.25, 0.3) is 6.08 Å². The van der Waals surface area contributed by atoms with E-state index in [9.17, 15) is 9.59 Å². The minimum Gasteiger partial charge on any atom is -0.481 e. The van der Waals surface area contributed by atoms with Crippen LogP contribution in [0, 0.1) is 12.8 Å². The van der Waals surface area contributed by atoms with Gasteiger partial charge in [0.1, 0.15) is 0 Å². The zero-order chi connectivity index (χ0) is 14.4. The first-order chi connectivity index (χ1) is 8.90. The summed E-state index contributed by atoms with van der Waals surface area (Å²) in [5.41, 5.74) is 1.12. The molecule has 4 nitrogen and oxygen atoms in total. The number of carboxylic acid groups (broad SMARTS) is 1. The Balaban J connectivity index is 2.60. The van der Waals surface area contributed by atoms with E-state index < -0.39 is 5.97 Å². The minimum atomic E-state index is -0.905. The summed E-state index contributed by atoms with van der Waals surface area (Å²) in [7, 11) is 0. The molecule has 0 aliphatic rings. The molecule has 0 saturated heterocycles. The van der Waals surface area contributed by atoms with Crippen LogP contribution in [0.5, 0.6) is 0 Å². The number of carboxylic acids is 1. The van der Waals surface area contributed by atoms with Gasteiger partial charge in [-0.05, 0) is 35.9 Å². The van der Waals surface area contributed by atoms with Crippen molar-refractivity contribution in [1.82, 2.24) is 5.32 Å². The fraction of sp³-hybridized carbons (Fsp3) is 0.429. The first-order valence-electron chi connectivity index (χ1n) is 6.14. The predicted molar refractivity (Wildman–Crippen MR) is 77.1 cm³/mol. The van der Waals surface area contributed by atoms with Crippen molar-refractivity contribution < 1.29 is 14.7 Å². The Labute approximate surface area is 117 Å². The van der Waals surface area contributed by atoms with E-state index in [2.05, 4.69) is 5.32 Å². The smallest absolute Gasteiger partial charge is 0.305 e. The van der Waals surface area contributed by atoms with Crippen molar-refractivity contribution in [3.05, 3.63) is 28.0 Å². The highest BCUT2D eigenvalue weighted by molar-refractivity contribution is 7.11. The standard InChI is InChI=1S/C14H19NO3S/c1-9(2)11(8-14(17)18)15-13(16)5-4-12-10(3)6-7-19-12/h4-7,9,11H,8H2,1-3H3,(H,15,16)(H,17,18)/b5-4+. The number of carbonyl (C=O) groups excluding carboxylic acids is 1. The van der Waals surface area contributed by atoms with Gasteiger partial charge in [0.25, 0.3) is 0 Å². The van der Waals surface area contributed by atoms with Gasteiger partial charge in [-0.25, -0.2) is 0 Å². The number of rotatable bonds is 6. The lowest BCUT2D eigenvalue weighted by Gasteiger charge is -2.19. The van der Waals surface area contributed by atoms with E-state index in [-0.39, 0.29) is 24.3 Å². The number of aliphatic carboxylic acids is 1. The van der Waals surface area contributed by atoms with Crippen LogP contribution in [0.1, 0.15) is 30.7 Å². The molecule has 19 heavy (non-hydrogen) atoms. The van der Waals surface area contributed by atoms with E-state index in [1.807, 2.05) is 32.2 Å². The summed E-state index contributed by atoms with van der Waals surface area (Å²) in [5.74, 6) is -1.08. The molecular formula is C14H19NO3S. The van der Waals surface area contributed by atoms with E-state index in [1.54, 1.807) is 17.4 Å². The summed E-state index contributed by atoms with van der Waals surface area (Å²) in [6.45, 7) is 5.76. The Morgan fingerprint density at radius 3 is 2.63 bits per heavy atom. The van der Waals surface area contributed by atoms with Gasteiger partial charge in [-0.3, -0.25) is 9.59 Å². The van der Waals surface area contributed by atoms with E-state index in [0.29, 0.717) is 0 Å². The number of thiophene rings is 1. The van der Waals surface area contributed by atoms with Gasteiger partial charge in [-0.2, -0.15) is 0 Å². The molecule has 0 radical (unpaired) electrons. The zero-order valence-corrected chi connectivity index (χ0v) is 12.2. The fourth-order valence-corrected chi connectivity index (χ4v) is 2.40. The van der Waals surface area contributed by atoms with Crippen molar-refractivity contribution in [2.75, 3.05) is 0 Å². The average Bonchev–Trinajstić information content (AvgIpc) is 2.70. The lowest BCUT2D eigenvalue weighted by molar-refractivity contribution is -0.138. The number of amides is 1. The van der Waals surface area contributed by atoms with Gasteiger partial charge >= 0.3 is 5.97 Å². The third kappa shape index (κ3) is 5.26. The molecule has 1 aromatic heterocycles. The normalized spacial score (nSPS) is 12.8. The summed E-state index contributed by atoms with van der Waals surface area (Å²) < 4.78 is 0. The number of aryl methyl sites for hydroxylation is 1. The molecule has 1 rings (SSSR count). The van der Waals surface area contributed by atoms with Gasteiger partial charge in [0, 0.05) is 17.0 Å². The second kappa shape index (κ2) is 7.09. The summed E-state index contributed by atoms with van der Waals surface area (Å²) >= 11 is 1.57. The maximum atomic E-state index is 11.8. The van der Waals surface area contributed by atoms with Crippen molar-refractivity contribution >= 4 is 29.3 Å². The molecular weight excluding hydrogens is 262 g/mol. The van der Waals surface area contributed by atoms with Gasteiger partial charge in [-0.15, -0.1) is 11.3 Å².